The fourth-order valence-corrected chi connectivity index (χ4v) is 2.97. The van der Waals surface area contributed by atoms with Gasteiger partial charge in [-0.2, -0.15) is 0 Å². The summed E-state index contributed by atoms with van der Waals surface area (Å²) < 4.78 is 11.0. The fourth-order valence-electron chi connectivity index (χ4n) is 2.97. The van der Waals surface area contributed by atoms with E-state index in [2.05, 4.69) is 5.32 Å². The van der Waals surface area contributed by atoms with Crippen LogP contribution in [-0.2, 0) is 9.59 Å². The third-order valence-electron chi connectivity index (χ3n) is 4.41. The molecule has 2 N–H and O–H groups in total. The zero-order chi connectivity index (χ0) is 17.5. The summed E-state index contributed by atoms with van der Waals surface area (Å²) in [6, 6.07) is 7.38. The summed E-state index contributed by atoms with van der Waals surface area (Å²) in [5.41, 5.74) is 0. The lowest BCUT2D eigenvalue weighted by Crippen LogP contribution is -2.39. The summed E-state index contributed by atoms with van der Waals surface area (Å²) in [7, 11) is 1.59. The van der Waals surface area contributed by atoms with Gasteiger partial charge in [-0.15, -0.1) is 0 Å². The molecule has 0 aliphatic heterocycles. The van der Waals surface area contributed by atoms with E-state index < -0.39 is 5.97 Å². The molecular weight excluding hydrogens is 310 g/mol. The van der Waals surface area contributed by atoms with Gasteiger partial charge < -0.3 is 19.9 Å². The first kappa shape index (κ1) is 18.1. The molecule has 1 aliphatic carbocycles. The standard InChI is InChI=1S/C18H25NO5/c1-12(24-16-6-4-3-5-15(16)23-2)11-19-17(20)13-7-9-14(10-8-13)18(21)22/h3-6,12-14H,7-11H2,1-2H3,(H,19,20)(H,21,22). The molecule has 2 rings (SSSR count). The van der Waals surface area contributed by atoms with Crippen LogP contribution >= 0.6 is 0 Å². The smallest absolute Gasteiger partial charge is 0.306 e. The Bertz CT molecular complexity index is 566. The first-order valence-corrected chi connectivity index (χ1v) is 8.31. The van der Waals surface area contributed by atoms with Crippen molar-refractivity contribution in [2.45, 2.75) is 38.7 Å². The molecule has 1 atom stereocenters. The number of hydrogen-bond acceptors (Lipinski definition) is 4. The second-order valence-electron chi connectivity index (χ2n) is 6.21. The second-order valence-corrected chi connectivity index (χ2v) is 6.21. The summed E-state index contributed by atoms with van der Waals surface area (Å²) in [6.45, 7) is 2.28. The molecule has 0 saturated heterocycles. The van der Waals surface area contributed by atoms with E-state index in [4.69, 9.17) is 14.6 Å². The predicted octanol–water partition coefficient (Wildman–Crippen LogP) is 2.47. The Kier molecular flexibility index (Phi) is 6.46. The molecule has 0 spiro atoms. The zero-order valence-electron chi connectivity index (χ0n) is 14.2. The van der Waals surface area contributed by atoms with E-state index >= 15 is 0 Å². The van der Waals surface area contributed by atoms with Crippen LogP contribution in [0.2, 0.25) is 0 Å². The van der Waals surface area contributed by atoms with Crippen molar-refractivity contribution in [3.63, 3.8) is 0 Å². The predicted molar refractivity (Wildman–Crippen MR) is 89.2 cm³/mol. The number of hydrogen-bond donors (Lipinski definition) is 2. The topological polar surface area (TPSA) is 84.9 Å². The highest BCUT2D eigenvalue weighted by molar-refractivity contribution is 5.79. The third kappa shape index (κ3) is 4.88. The van der Waals surface area contributed by atoms with Gasteiger partial charge in [-0.25, -0.2) is 0 Å². The summed E-state index contributed by atoms with van der Waals surface area (Å²) in [6.07, 6.45) is 2.21. The minimum absolute atomic E-state index is 0.0192. The number of rotatable bonds is 7. The Balaban J connectivity index is 1.76. The van der Waals surface area contributed by atoms with Crippen LogP contribution in [0.5, 0.6) is 11.5 Å². The molecular formula is C18H25NO5. The Morgan fingerprint density at radius 3 is 2.33 bits per heavy atom. The van der Waals surface area contributed by atoms with E-state index in [1.807, 2.05) is 31.2 Å². The Morgan fingerprint density at radius 2 is 1.75 bits per heavy atom. The minimum atomic E-state index is -0.757. The number of ether oxygens (including phenoxy) is 2. The van der Waals surface area contributed by atoms with Crippen LogP contribution in [0.3, 0.4) is 0 Å². The number of nitrogens with one attached hydrogen (secondary N) is 1. The molecule has 1 saturated carbocycles. The van der Waals surface area contributed by atoms with Gasteiger partial charge in [0.2, 0.25) is 5.91 Å². The van der Waals surface area contributed by atoms with Crippen LogP contribution in [0.15, 0.2) is 24.3 Å². The summed E-state index contributed by atoms with van der Waals surface area (Å²) in [5.74, 6) is 0.120. The molecule has 1 aromatic rings. The summed E-state index contributed by atoms with van der Waals surface area (Å²) in [4.78, 5) is 23.2. The second kappa shape index (κ2) is 8.57. The molecule has 6 nitrogen and oxygen atoms in total. The van der Waals surface area contributed by atoms with Crippen LogP contribution in [0.4, 0.5) is 0 Å². The molecule has 24 heavy (non-hydrogen) atoms. The Labute approximate surface area is 142 Å². The molecule has 1 fully saturated rings. The van der Waals surface area contributed by atoms with Gasteiger partial charge in [0, 0.05) is 5.92 Å². The van der Waals surface area contributed by atoms with Crippen molar-refractivity contribution in [1.82, 2.24) is 5.32 Å². The normalized spacial score (nSPS) is 21.6. The molecule has 0 bridgehead atoms. The quantitative estimate of drug-likeness (QED) is 0.799. The Hall–Kier alpha value is -2.24. The lowest BCUT2D eigenvalue weighted by atomic mass is 9.81. The van der Waals surface area contributed by atoms with Gasteiger partial charge in [0.25, 0.3) is 0 Å². The van der Waals surface area contributed by atoms with E-state index in [0.29, 0.717) is 43.7 Å². The molecule has 132 valence electrons. The largest absolute Gasteiger partial charge is 0.493 e. The maximum absolute atomic E-state index is 12.2. The van der Waals surface area contributed by atoms with E-state index in [0.717, 1.165) is 0 Å². The molecule has 1 aromatic carbocycles. The van der Waals surface area contributed by atoms with Crippen LogP contribution < -0.4 is 14.8 Å². The van der Waals surface area contributed by atoms with E-state index in [1.54, 1.807) is 7.11 Å². The van der Waals surface area contributed by atoms with Crippen LogP contribution in [0.25, 0.3) is 0 Å². The highest BCUT2D eigenvalue weighted by Gasteiger charge is 2.29. The lowest BCUT2D eigenvalue weighted by Gasteiger charge is -2.26. The SMILES string of the molecule is COc1ccccc1OC(C)CNC(=O)C1CCC(C(=O)O)CC1. The number of carboxylic acid groups (broad SMARTS) is 1. The van der Waals surface area contributed by atoms with Crippen molar-refractivity contribution in [3.8, 4) is 11.5 Å². The van der Waals surface area contributed by atoms with Crippen molar-refractivity contribution in [2.75, 3.05) is 13.7 Å². The van der Waals surface area contributed by atoms with Crippen molar-refractivity contribution < 1.29 is 24.2 Å². The average molecular weight is 335 g/mol. The monoisotopic (exact) mass is 335 g/mol. The van der Waals surface area contributed by atoms with E-state index in [1.165, 1.54) is 0 Å². The number of carbonyl (C=O) groups excluding carboxylic acids is 1. The number of methoxy groups -OCH3 is 1. The maximum Gasteiger partial charge on any atom is 0.306 e. The van der Waals surface area contributed by atoms with Gasteiger partial charge in [-0.3, -0.25) is 9.59 Å². The number of benzene rings is 1. The van der Waals surface area contributed by atoms with Gasteiger partial charge >= 0.3 is 5.97 Å². The Morgan fingerprint density at radius 1 is 1.17 bits per heavy atom. The molecule has 0 heterocycles. The molecule has 1 unspecified atom stereocenters. The number of amides is 1. The number of carboxylic acids is 1. The van der Waals surface area contributed by atoms with Gasteiger partial charge in [0.15, 0.2) is 11.5 Å². The van der Waals surface area contributed by atoms with Crippen molar-refractivity contribution >= 4 is 11.9 Å². The van der Waals surface area contributed by atoms with E-state index in [-0.39, 0.29) is 23.8 Å². The minimum Gasteiger partial charge on any atom is -0.493 e. The molecule has 0 radical (unpaired) electrons. The lowest BCUT2D eigenvalue weighted by molar-refractivity contribution is -0.144. The molecule has 1 aliphatic rings. The first-order chi connectivity index (χ1) is 11.5. The number of aliphatic carboxylic acids is 1. The van der Waals surface area contributed by atoms with Crippen LogP contribution in [0, 0.1) is 11.8 Å². The third-order valence-corrected chi connectivity index (χ3v) is 4.41. The molecule has 0 aromatic heterocycles. The highest BCUT2D eigenvalue weighted by Crippen LogP contribution is 2.29. The average Bonchev–Trinajstić information content (AvgIpc) is 2.60. The fraction of sp³-hybridized carbons (Fsp3) is 0.556. The zero-order valence-corrected chi connectivity index (χ0v) is 14.2. The highest BCUT2D eigenvalue weighted by atomic mass is 16.5. The summed E-state index contributed by atoms with van der Waals surface area (Å²) >= 11 is 0. The number of para-hydroxylation sites is 2. The number of carbonyl (C=O) groups is 2. The molecule has 6 heteroatoms. The van der Waals surface area contributed by atoms with Gasteiger partial charge in [0.1, 0.15) is 6.10 Å². The summed E-state index contributed by atoms with van der Waals surface area (Å²) in [5, 5.41) is 11.9. The van der Waals surface area contributed by atoms with Gasteiger partial charge in [0.05, 0.1) is 19.6 Å². The van der Waals surface area contributed by atoms with Crippen LogP contribution in [0.1, 0.15) is 32.6 Å². The van der Waals surface area contributed by atoms with Crippen molar-refractivity contribution in [3.05, 3.63) is 24.3 Å². The van der Waals surface area contributed by atoms with Gasteiger partial charge in [-0.05, 0) is 44.7 Å². The van der Waals surface area contributed by atoms with Crippen molar-refractivity contribution in [1.29, 1.82) is 0 Å². The van der Waals surface area contributed by atoms with Crippen LogP contribution in [-0.4, -0.2) is 36.7 Å². The van der Waals surface area contributed by atoms with E-state index in [9.17, 15) is 9.59 Å². The first-order valence-electron chi connectivity index (χ1n) is 8.31. The molecule has 1 amide bonds. The maximum atomic E-state index is 12.2. The van der Waals surface area contributed by atoms with Gasteiger partial charge in [-0.1, -0.05) is 12.1 Å². The van der Waals surface area contributed by atoms with Crippen molar-refractivity contribution in [2.24, 2.45) is 11.8 Å².